The first kappa shape index (κ1) is 31.1. The van der Waals surface area contributed by atoms with Crippen LogP contribution in [0.25, 0.3) is 11.1 Å². The summed E-state index contributed by atoms with van der Waals surface area (Å²) in [6.07, 6.45) is 10.3. The lowest BCUT2D eigenvalue weighted by Gasteiger charge is -2.56. The molecule has 3 heterocycles. The Hall–Kier alpha value is -3.57. The quantitative estimate of drug-likeness (QED) is 0.331. The molecule has 1 aromatic carbocycles. The van der Waals surface area contributed by atoms with E-state index in [4.69, 9.17) is 4.74 Å². The van der Waals surface area contributed by atoms with E-state index in [1.54, 1.807) is 18.3 Å². The van der Waals surface area contributed by atoms with Crippen molar-refractivity contribution < 1.29 is 17.9 Å². The van der Waals surface area contributed by atoms with Crippen molar-refractivity contribution in [1.29, 1.82) is 0 Å². The summed E-state index contributed by atoms with van der Waals surface area (Å²) in [6.45, 7) is 8.87. The number of sulfonamides is 1. The number of benzene rings is 1. The average Bonchev–Trinajstić information content (AvgIpc) is 3.00. The van der Waals surface area contributed by atoms with Gasteiger partial charge in [-0.1, -0.05) is 18.2 Å². The monoisotopic (exact) mass is 644 g/mol. The van der Waals surface area contributed by atoms with Gasteiger partial charge in [0.25, 0.3) is 5.91 Å². The molecule has 10 nitrogen and oxygen atoms in total. The Bertz CT molecular complexity index is 1650. The van der Waals surface area contributed by atoms with Crippen LogP contribution in [0.1, 0.15) is 67.1 Å². The standard InChI is InChI=1S/C35H44N6O4S/c1-3-45-30-16-29(20-36-21-30)31-5-4-25(12-24(31)2)22-40-8-10-41(11-9-40)33-7-6-32(37-38-33)34(42)39-46(43,44)23-35-17-26-13-27(18-35)15-28(14-26)19-35/h4-7,12,16,20-21,26-28H,3,8-11,13-15,17-19,22-23H2,1-2H3,(H,39,42). The third-order valence-electron chi connectivity index (χ3n) is 10.5. The van der Waals surface area contributed by atoms with Gasteiger partial charge in [0.05, 0.1) is 18.6 Å². The van der Waals surface area contributed by atoms with Crippen LogP contribution in [0.3, 0.4) is 0 Å². The molecule has 244 valence electrons. The van der Waals surface area contributed by atoms with Gasteiger partial charge >= 0.3 is 0 Å². The van der Waals surface area contributed by atoms with E-state index in [0.717, 1.165) is 68.9 Å². The zero-order valence-electron chi connectivity index (χ0n) is 26.8. The molecule has 46 heavy (non-hydrogen) atoms. The van der Waals surface area contributed by atoms with E-state index in [1.165, 1.54) is 30.4 Å². The van der Waals surface area contributed by atoms with Gasteiger partial charge in [-0.15, -0.1) is 10.2 Å². The van der Waals surface area contributed by atoms with E-state index in [9.17, 15) is 13.2 Å². The summed E-state index contributed by atoms with van der Waals surface area (Å²) in [6, 6.07) is 12.0. The number of nitrogens with zero attached hydrogens (tertiary/aromatic N) is 5. The first-order valence-corrected chi connectivity index (χ1v) is 18.3. The van der Waals surface area contributed by atoms with Crippen LogP contribution in [-0.2, 0) is 16.6 Å². The average molecular weight is 645 g/mol. The molecular formula is C35H44N6O4S. The molecule has 1 aliphatic heterocycles. The van der Waals surface area contributed by atoms with E-state index in [1.807, 2.05) is 19.2 Å². The highest BCUT2D eigenvalue weighted by atomic mass is 32.2. The number of piperazine rings is 1. The summed E-state index contributed by atoms with van der Waals surface area (Å²) < 4.78 is 34.1. The normalized spacial score (nSPS) is 25.9. The lowest BCUT2D eigenvalue weighted by atomic mass is 9.50. The van der Waals surface area contributed by atoms with Crippen molar-refractivity contribution in [3.63, 3.8) is 0 Å². The maximum absolute atomic E-state index is 13.1. The summed E-state index contributed by atoms with van der Waals surface area (Å²) in [5.41, 5.74) is 4.51. The van der Waals surface area contributed by atoms with Crippen LogP contribution in [0.15, 0.2) is 48.8 Å². The summed E-state index contributed by atoms with van der Waals surface area (Å²) >= 11 is 0. The number of aryl methyl sites for hydroxylation is 1. The van der Waals surface area contributed by atoms with Gasteiger partial charge in [0.1, 0.15) is 5.75 Å². The summed E-state index contributed by atoms with van der Waals surface area (Å²) in [4.78, 5) is 21.8. The zero-order chi connectivity index (χ0) is 31.9. The second-order valence-corrected chi connectivity index (χ2v) is 15.9. The lowest BCUT2D eigenvalue weighted by Crippen LogP contribution is -2.51. The molecule has 8 rings (SSSR count). The van der Waals surface area contributed by atoms with Crippen LogP contribution in [-0.4, -0.2) is 72.9 Å². The molecule has 0 atom stereocenters. The van der Waals surface area contributed by atoms with Gasteiger partial charge in [-0.3, -0.25) is 14.7 Å². The van der Waals surface area contributed by atoms with Crippen molar-refractivity contribution in [3.05, 3.63) is 65.6 Å². The molecule has 4 bridgehead atoms. The molecule has 11 heteroatoms. The Morgan fingerprint density at radius 3 is 2.30 bits per heavy atom. The highest BCUT2D eigenvalue weighted by Gasteiger charge is 2.52. The minimum absolute atomic E-state index is 0.0238. The van der Waals surface area contributed by atoms with Gasteiger partial charge in [-0.05, 0) is 110 Å². The molecule has 1 saturated heterocycles. The molecule has 3 aromatic rings. The maximum Gasteiger partial charge on any atom is 0.285 e. The molecule has 5 fully saturated rings. The molecule has 2 aromatic heterocycles. The minimum Gasteiger partial charge on any atom is -0.492 e. The molecule has 1 amide bonds. The van der Waals surface area contributed by atoms with Crippen LogP contribution in [0, 0.1) is 30.1 Å². The third-order valence-corrected chi connectivity index (χ3v) is 12.0. The SMILES string of the molecule is CCOc1cncc(-c2ccc(CN3CCN(c4ccc(C(=O)NS(=O)(=O)CC56CC7CC(CC(C7)C5)C6)nn4)CC3)cc2C)c1. The maximum atomic E-state index is 13.1. The highest BCUT2D eigenvalue weighted by molar-refractivity contribution is 7.90. The minimum atomic E-state index is -3.77. The predicted octanol–water partition coefficient (Wildman–Crippen LogP) is 4.84. The number of pyridine rings is 1. The number of rotatable bonds is 10. The fourth-order valence-corrected chi connectivity index (χ4v) is 10.7. The molecular weight excluding hydrogens is 600 g/mol. The van der Waals surface area contributed by atoms with Crippen molar-refractivity contribution in [2.45, 2.75) is 58.9 Å². The number of carbonyl (C=O) groups is 1. The van der Waals surface area contributed by atoms with Crippen LogP contribution in [0.4, 0.5) is 5.82 Å². The third kappa shape index (κ3) is 6.76. The number of amides is 1. The molecule has 0 radical (unpaired) electrons. The van der Waals surface area contributed by atoms with E-state index >= 15 is 0 Å². The van der Waals surface area contributed by atoms with E-state index in [2.05, 4.69) is 54.8 Å². The Balaban J connectivity index is 0.908. The summed E-state index contributed by atoms with van der Waals surface area (Å²) in [5.74, 6) is 2.77. The zero-order valence-corrected chi connectivity index (χ0v) is 27.6. The van der Waals surface area contributed by atoms with Gasteiger partial charge in [0, 0.05) is 44.5 Å². The van der Waals surface area contributed by atoms with Gasteiger partial charge in [0.15, 0.2) is 11.5 Å². The van der Waals surface area contributed by atoms with Crippen molar-refractivity contribution in [2.24, 2.45) is 23.2 Å². The lowest BCUT2D eigenvalue weighted by molar-refractivity contribution is -0.0391. The van der Waals surface area contributed by atoms with E-state index < -0.39 is 15.9 Å². The Morgan fingerprint density at radius 1 is 0.957 bits per heavy atom. The summed E-state index contributed by atoms with van der Waals surface area (Å²) in [7, 11) is -3.77. The van der Waals surface area contributed by atoms with Crippen molar-refractivity contribution in [2.75, 3.05) is 43.4 Å². The Labute approximate surface area is 272 Å². The molecule has 4 aliphatic carbocycles. The van der Waals surface area contributed by atoms with Gasteiger partial charge < -0.3 is 9.64 Å². The van der Waals surface area contributed by atoms with E-state index in [-0.39, 0.29) is 16.9 Å². The van der Waals surface area contributed by atoms with Gasteiger partial charge in [0.2, 0.25) is 10.0 Å². The number of carbonyl (C=O) groups excluding carboxylic acids is 1. The number of hydrogen-bond acceptors (Lipinski definition) is 9. The van der Waals surface area contributed by atoms with Crippen molar-refractivity contribution in [1.82, 2.24) is 24.8 Å². The predicted molar refractivity (Wildman–Crippen MR) is 177 cm³/mol. The topological polar surface area (TPSA) is 118 Å². The van der Waals surface area contributed by atoms with E-state index in [0.29, 0.717) is 30.2 Å². The second kappa shape index (κ2) is 12.6. The second-order valence-electron chi connectivity index (χ2n) is 14.1. The van der Waals surface area contributed by atoms with Crippen LogP contribution < -0.4 is 14.4 Å². The molecule has 0 spiro atoms. The largest absolute Gasteiger partial charge is 0.492 e. The molecule has 0 unspecified atom stereocenters. The number of hydrogen-bond donors (Lipinski definition) is 1. The van der Waals surface area contributed by atoms with Crippen LogP contribution in [0.2, 0.25) is 0 Å². The number of aromatic nitrogens is 3. The van der Waals surface area contributed by atoms with Crippen LogP contribution in [0.5, 0.6) is 5.75 Å². The van der Waals surface area contributed by atoms with Gasteiger partial charge in [-0.2, -0.15) is 0 Å². The first-order valence-electron chi connectivity index (χ1n) is 16.7. The van der Waals surface area contributed by atoms with Crippen LogP contribution >= 0.6 is 0 Å². The highest BCUT2D eigenvalue weighted by Crippen LogP contribution is 2.60. The Morgan fingerprint density at radius 2 is 1.67 bits per heavy atom. The molecule has 5 aliphatic rings. The Kier molecular flexibility index (Phi) is 8.48. The molecule has 4 saturated carbocycles. The number of nitrogens with one attached hydrogen (secondary N) is 1. The fraction of sp³-hybridized carbons (Fsp3) is 0.543. The molecule has 1 N–H and O–H groups in total. The van der Waals surface area contributed by atoms with Crippen molar-refractivity contribution >= 4 is 21.7 Å². The smallest absolute Gasteiger partial charge is 0.285 e. The van der Waals surface area contributed by atoms with Crippen molar-refractivity contribution in [3.8, 4) is 16.9 Å². The summed E-state index contributed by atoms with van der Waals surface area (Å²) in [5, 5.41) is 8.41. The fourth-order valence-electron chi connectivity index (χ4n) is 9.07. The first-order chi connectivity index (χ1) is 22.2. The van der Waals surface area contributed by atoms with Gasteiger partial charge in [-0.25, -0.2) is 13.1 Å². The number of ether oxygens (including phenoxy) is 1. The number of anilines is 1.